The smallest absolute Gasteiger partial charge is 0.193 e. The van der Waals surface area contributed by atoms with Gasteiger partial charge in [0.1, 0.15) is 17.0 Å². The van der Waals surface area contributed by atoms with Gasteiger partial charge in [-0.3, -0.25) is 0 Å². The molecule has 0 saturated carbocycles. The molecule has 0 radical (unpaired) electrons. The van der Waals surface area contributed by atoms with Crippen LogP contribution < -0.4 is 0 Å². The number of hydrogen-bond donors (Lipinski definition) is 1. The topological polar surface area (TPSA) is 67.3 Å². The molecule has 17 heavy (non-hydrogen) atoms. The van der Waals surface area contributed by atoms with Crippen LogP contribution in [0.15, 0.2) is 41.0 Å². The molecule has 1 N–H and O–H groups in total. The fourth-order valence-electron chi connectivity index (χ4n) is 1.55. The van der Waals surface area contributed by atoms with Crippen molar-refractivity contribution >= 4 is 22.8 Å². The Morgan fingerprint density at radius 1 is 1.12 bits per heavy atom. The van der Waals surface area contributed by atoms with Crippen LogP contribution in [0.4, 0.5) is 0 Å². The maximum absolute atomic E-state index is 4.27. The summed E-state index contributed by atoms with van der Waals surface area (Å²) in [5.41, 5.74) is 1.91. The van der Waals surface area contributed by atoms with Crippen LogP contribution in [0.1, 0.15) is 5.69 Å². The highest BCUT2D eigenvalue weighted by atomic mass is 32.2. The molecule has 0 aliphatic heterocycles. The lowest BCUT2D eigenvalue weighted by atomic mass is 10.4. The molecule has 0 fully saturated rings. The van der Waals surface area contributed by atoms with Crippen molar-refractivity contribution in [3.63, 3.8) is 0 Å². The summed E-state index contributed by atoms with van der Waals surface area (Å²) in [6, 6.07) is 3.82. The second-order valence-electron chi connectivity index (χ2n) is 3.53. The number of aromatic nitrogens is 5. The largest absolute Gasteiger partial charge is 0.343 e. The molecule has 0 bridgehead atoms. The molecule has 3 aromatic rings. The highest BCUT2D eigenvalue weighted by Crippen LogP contribution is 2.28. The second-order valence-corrected chi connectivity index (χ2v) is 4.48. The van der Waals surface area contributed by atoms with Gasteiger partial charge in [0, 0.05) is 18.1 Å². The number of aromatic amines is 1. The summed E-state index contributed by atoms with van der Waals surface area (Å²) in [5, 5.41) is 2.55. The zero-order chi connectivity index (χ0) is 11.7. The molecule has 84 valence electrons. The molecular formula is C11H9N5S. The molecule has 0 spiro atoms. The van der Waals surface area contributed by atoms with Crippen molar-refractivity contribution in [1.29, 1.82) is 0 Å². The SMILES string of the molecule is Cc1cc2c(Sc3ncccn3)ncnc2[nH]1. The highest BCUT2D eigenvalue weighted by molar-refractivity contribution is 7.99. The van der Waals surface area contributed by atoms with E-state index in [-0.39, 0.29) is 0 Å². The number of fused-ring (bicyclic) bond motifs is 1. The van der Waals surface area contributed by atoms with Crippen molar-refractivity contribution in [3.05, 3.63) is 36.5 Å². The molecule has 0 aliphatic carbocycles. The third-order valence-electron chi connectivity index (χ3n) is 2.25. The predicted octanol–water partition coefficient (Wildman–Crippen LogP) is 2.21. The van der Waals surface area contributed by atoms with E-state index >= 15 is 0 Å². The highest BCUT2D eigenvalue weighted by Gasteiger charge is 2.08. The lowest BCUT2D eigenvalue weighted by Gasteiger charge is -1.99. The summed E-state index contributed by atoms with van der Waals surface area (Å²) in [7, 11) is 0. The number of hydrogen-bond acceptors (Lipinski definition) is 5. The Morgan fingerprint density at radius 2 is 1.94 bits per heavy atom. The quantitative estimate of drug-likeness (QED) is 0.552. The van der Waals surface area contributed by atoms with Gasteiger partial charge in [0.05, 0.1) is 5.39 Å². The van der Waals surface area contributed by atoms with Crippen LogP contribution in [0.25, 0.3) is 11.0 Å². The van der Waals surface area contributed by atoms with E-state index in [1.165, 1.54) is 11.8 Å². The monoisotopic (exact) mass is 243 g/mol. The molecule has 6 heteroatoms. The molecule has 3 heterocycles. The predicted molar refractivity (Wildman–Crippen MR) is 64.8 cm³/mol. The Bertz CT molecular complexity index is 649. The molecule has 3 aromatic heterocycles. The normalized spacial score (nSPS) is 10.9. The van der Waals surface area contributed by atoms with Crippen LogP contribution in [-0.2, 0) is 0 Å². The van der Waals surface area contributed by atoms with Gasteiger partial charge < -0.3 is 4.98 Å². The lowest BCUT2D eigenvalue weighted by Crippen LogP contribution is -1.87. The van der Waals surface area contributed by atoms with Crippen LogP contribution in [0.3, 0.4) is 0 Å². The van der Waals surface area contributed by atoms with Crippen LogP contribution in [0.5, 0.6) is 0 Å². The Balaban J connectivity index is 2.06. The van der Waals surface area contributed by atoms with E-state index in [9.17, 15) is 0 Å². The molecule has 5 nitrogen and oxygen atoms in total. The van der Waals surface area contributed by atoms with Crippen molar-refractivity contribution < 1.29 is 0 Å². The van der Waals surface area contributed by atoms with Crippen LogP contribution in [0, 0.1) is 6.92 Å². The van der Waals surface area contributed by atoms with Gasteiger partial charge in [-0.05, 0) is 30.8 Å². The number of aryl methyl sites for hydroxylation is 1. The van der Waals surface area contributed by atoms with Gasteiger partial charge in [-0.25, -0.2) is 19.9 Å². The summed E-state index contributed by atoms with van der Waals surface area (Å²) in [4.78, 5) is 20.0. The van der Waals surface area contributed by atoms with Gasteiger partial charge in [-0.15, -0.1) is 0 Å². The summed E-state index contributed by atoms with van der Waals surface area (Å²) in [6.45, 7) is 2.00. The minimum Gasteiger partial charge on any atom is -0.343 e. The molecule has 0 aromatic carbocycles. The molecular weight excluding hydrogens is 234 g/mol. The number of nitrogens with zero attached hydrogens (tertiary/aromatic N) is 4. The Hall–Kier alpha value is -1.95. The maximum atomic E-state index is 4.27. The number of nitrogens with one attached hydrogen (secondary N) is 1. The van der Waals surface area contributed by atoms with Gasteiger partial charge in [0.25, 0.3) is 0 Å². The van der Waals surface area contributed by atoms with Gasteiger partial charge in [-0.1, -0.05) is 0 Å². The number of H-pyrrole nitrogens is 1. The Morgan fingerprint density at radius 3 is 2.76 bits per heavy atom. The van der Waals surface area contributed by atoms with E-state index in [4.69, 9.17) is 0 Å². The maximum Gasteiger partial charge on any atom is 0.193 e. The van der Waals surface area contributed by atoms with Gasteiger partial charge >= 0.3 is 0 Å². The zero-order valence-corrected chi connectivity index (χ0v) is 9.90. The molecule has 0 atom stereocenters. The summed E-state index contributed by atoms with van der Waals surface area (Å²) >= 11 is 1.44. The first-order chi connectivity index (χ1) is 8.33. The fourth-order valence-corrected chi connectivity index (χ4v) is 2.32. The van der Waals surface area contributed by atoms with Crippen molar-refractivity contribution in [2.24, 2.45) is 0 Å². The summed E-state index contributed by atoms with van der Waals surface area (Å²) in [6.07, 6.45) is 4.98. The molecule has 0 unspecified atom stereocenters. The lowest BCUT2D eigenvalue weighted by molar-refractivity contribution is 0.960. The van der Waals surface area contributed by atoms with E-state index in [0.717, 1.165) is 21.8 Å². The molecule has 0 aliphatic rings. The average molecular weight is 243 g/mol. The van der Waals surface area contributed by atoms with E-state index in [2.05, 4.69) is 24.9 Å². The zero-order valence-electron chi connectivity index (χ0n) is 9.08. The Kier molecular flexibility index (Phi) is 2.49. The van der Waals surface area contributed by atoms with Gasteiger partial charge in [0.2, 0.25) is 0 Å². The summed E-state index contributed by atoms with van der Waals surface area (Å²) < 4.78 is 0. The van der Waals surface area contributed by atoms with Crippen molar-refractivity contribution in [1.82, 2.24) is 24.9 Å². The summed E-state index contributed by atoms with van der Waals surface area (Å²) in [5.74, 6) is 0. The van der Waals surface area contributed by atoms with Crippen molar-refractivity contribution in [2.45, 2.75) is 17.1 Å². The van der Waals surface area contributed by atoms with Gasteiger partial charge in [0.15, 0.2) is 5.16 Å². The van der Waals surface area contributed by atoms with Crippen molar-refractivity contribution in [3.8, 4) is 0 Å². The minimum absolute atomic E-state index is 0.686. The molecule has 3 rings (SSSR count). The molecule has 0 saturated heterocycles. The third kappa shape index (κ3) is 1.99. The van der Waals surface area contributed by atoms with E-state index in [1.54, 1.807) is 24.8 Å². The Labute approximate surface area is 102 Å². The number of rotatable bonds is 2. The fraction of sp³-hybridized carbons (Fsp3) is 0.0909. The second kappa shape index (κ2) is 4.14. The first-order valence-corrected chi connectivity index (χ1v) is 5.90. The van der Waals surface area contributed by atoms with Crippen molar-refractivity contribution in [2.75, 3.05) is 0 Å². The standard InChI is InChI=1S/C11H9N5S/c1-7-5-8-9(16-7)14-6-15-10(8)17-11-12-3-2-4-13-11/h2-6H,1H3,(H,14,15,16). The van der Waals surface area contributed by atoms with Gasteiger partial charge in [-0.2, -0.15) is 0 Å². The molecule has 0 amide bonds. The van der Waals surface area contributed by atoms with Crippen LogP contribution in [-0.4, -0.2) is 24.9 Å². The average Bonchev–Trinajstić information content (AvgIpc) is 2.72. The first-order valence-electron chi connectivity index (χ1n) is 5.08. The van der Waals surface area contributed by atoms with E-state index in [0.29, 0.717) is 5.16 Å². The van der Waals surface area contributed by atoms with E-state index < -0.39 is 0 Å². The first kappa shape index (κ1) is 10.2. The minimum atomic E-state index is 0.686. The van der Waals surface area contributed by atoms with Crippen LogP contribution >= 0.6 is 11.8 Å². The van der Waals surface area contributed by atoms with Crippen LogP contribution in [0.2, 0.25) is 0 Å². The van der Waals surface area contributed by atoms with E-state index in [1.807, 2.05) is 13.0 Å². The third-order valence-corrected chi connectivity index (χ3v) is 3.17.